The highest BCUT2D eigenvalue weighted by atomic mass is 19.1. The van der Waals surface area contributed by atoms with E-state index in [0.717, 1.165) is 23.5 Å². The number of ether oxygens (including phenoxy) is 3. The average molecular weight is 426 g/mol. The molecule has 1 saturated heterocycles. The van der Waals surface area contributed by atoms with E-state index < -0.39 is 0 Å². The van der Waals surface area contributed by atoms with Crippen molar-refractivity contribution in [1.29, 1.82) is 0 Å². The van der Waals surface area contributed by atoms with Gasteiger partial charge in [-0.2, -0.15) is 0 Å². The molecule has 2 aromatic carbocycles. The van der Waals surface area contributed by atoms with Crippen LogP contribution in [-0.4, -0.2) is 61.2 Å². The van der Waals surface area contributed by atoms with Gasteiger partial charge in [-0.1, -0.05) is 6.07 Å². The monoisotopic (exact) mass is 426 g/mol. The van der Waals surface area contributed by atoms with E-state index in [4.69, 9.17) is 14.2 Å². The zero-order chi connectivity index (χ0) is 21.4. The van der Waals surface area contributed by atoms with Crippen LogP contribution in [0.15, 0.2) is 42.5 Å². The quantitative estimate of drug-likeness (QED) is 0.735. The van der Waals surface area contributed by atoms with Crippen LogP contribution in [0.3, 0.4) is 0 Å². The molecule has 0 radical (unpaired) electrons. The fourth-order valence-corrected chi connectivity index (χ4v) is 4.16. The van der Waals surface area contributed by atoms with Crippen LogP contribution < -0.4 is 14.2 Å². The summed E-state index contributed by atoms with van der Waals surface area (Å²) in [5.74, 6) is 1.80. The first-order chi connectivity index (χ1) is 15.1. The van der Waals surface area contributed by atoms with Crippen molar-refractivity contribution in [3.63, 3.8) is 0 Å². The first-order valence-corrected chi connectivity index (χ1v) is 10.4. The van der Waals surface area contributed by atoms with Gasteiger partial charge in [-0.05, 0) is 54.3 Å². The van der Waals surface area contributed by atoms with E-state index >= 15 is 0 Å². The van der Waals surface area contributed by atoms with Gasteiger partial charge in [-0.15, -0.1) is 0 Å². The molecule has 8 heteroatoms. The van der Waals surface area contributed by atoms with Crippen molar-refractivity contribution in [2.75, 3.05) is 39.6 Å². The summed E-state index contributed by atoms with van der Waals surface area (Å²) < 4.78 is 29.2. The number of rotatable bonds is 5. The topological polar surface area (TPSA) is 68.3 Å². The minimum Gasteiger partial charge on any atom is -0.484 e. The average Bonchev–Trinajstić information content (AvgIpc) is 3.47. The van der Waals surface area contributed by atoms with Crippen LogP contribution in [0.5, 0.6) is 17.2 Å². The zero-order valence-corrected chi connectivity index (χ0v) is 17.0. The summed E-state index contributed by atoms with van der Waals surface area (Å²) in [7, 11) is 0. The number of piperazine rings is 1. The molecule has 2 fully saturated rings. The SMILES string of the molecule is O=C(COc1ccc(F)cc1)N1CCN(C(=O)[C@H]2C[C@H]2c2ccc3c(c2)OCO3)CC1. The molecule has 7 nitrogen and oxygen atoms in total. The molecule has 0 aromatic heterocycles. The van der Waals surface area contributed by atoms with Gasteiger partial charge in [0.25, 0.3) is 5.91 Å². The van der Waals surface area contributed by atoms with Crippen LogP contribution in [0.2, 0.25) is 0 Å². The number of hydrogen-bond acceptors (Lipinski definition) is 5. The first-order valence-electron chi connectivity index (χ1n) is 10.4. The van der Waals surface area contributed by atoms with Gasteiger partial charge in [0.1, 0.15) is 11.6 Å². The van der Waals surface area contributed by atoms with Gasteiger partial charge in [0.2, 0.25) is 12.7 Å². The number of halogens is 1. The van der Waals surface area contributed by atoms with Crippen molar-refractivity contribution in [2.24, 2.45) is 5.92 Å². The molecule has 2 aliphatic heterocycles. The molecule has 1 saturated carbocycles. The Balaban J connectivity index is 1.09. The Bertz CT molecular complexity index is 988. The Hall–Kier alpha value is -3.29. The van der Waals surface area contributed by atoms with Gasteiger partial charge in [0.15, 0.2) is 18.1 Å². The molecule has 2 aromatic rings. The molecule has 2 heterocycles. The lowest BCUT2D eigenvalue weighted by Crippen LogP contribution is -2.52. The molecule has 0 bridgehead atoms. The number of fused-ring (bicyclic) bond motifs is 1. The van der Waals surface area contributed by atoms with Gasteiger partial charge in [-0.3, -0.25) is 9.59 Å². The van der Waals surface area contributed by atoms with Gasteiger partial charge >= 0.3 is 0 Å². The molecule has 5 rings (SSSR count). The molecule has 2 atom stereocenters. The highest BCUT2D eigenvalue weighted by molar-refractivity contribution is 5.84. The lowest BCUT2D eigenvalue weighted by molar-refractivity contribution is -0.141. The van der Waals surface area contributed by atoms with Crippen molar-refractivity contribution in [3.05, 3.63) is 53.8 Å². The van der Waals surface area contributed by atoms with Crippen LogP contribution in [0, 0.1) is 11.7 Å². The van der Waals surface area contributed by atoms with Crippen LogP contribution in [0.4, 0.5) is 4.39 Å². The Kier molecular flexibility index (Phi) is 5.13. The Morgan fingerprint density at radius 1 is 0.968 bits per heavy atom. The highest BCUT2D eigenvalue weighted by Crippen LogP contribution is 2.50. The number of carbonyl (C=O) groups excluding carboxylic acids is 2. The van der Waals surface area contributed by atoms with Gasteiger partial charge in [-0.25, -0.2) is 4.39 Å². The third kappa shape index (κ3) is 4.15. The summed E-state index contributed by atoms with van der Waals surface area (Å²) in [6.45, 7) is 2.15. The van der Waals surface area contributed by atoms with E-state index in [1.54, 1.807) is 4.90 Å². The second-order valence-corrected chi connectivity index (χ2v) is 8.01. The summed E-state index contributed by atoms with van der Waals surface area (Å²) in [5, 5.41) is 0. The van der Waals surface area contributed by atoms with E-state index in [1.165, 1.54) is 24.3 Å². The van der Waals surface area contributed by atoms with Crippen LogP contribution >= 0.6 is 0 Å². The Morgan fingerprint density at radius 2 is 1.68 bits per heavy atom. The summed E-state index contributed by atoms with van der Waals surface area (Å²) in [6, 6.07) is 11.4. The molecule has 3 aliphatic rings. The van der Waals surface area contributed by atoms with E-state index in [-0.39, 0.29) is 42.9 Å². The fraction of sp³-hybridized carbons (Fsp3) is 0.391. The third-order valence-corrected chi connectivity index (χ3v) is 6.05. The zero-order valence-electron chi connectivity index (χ0n) is 17.0. The normalized spacial score (nSPS) is 21.7. The number of amides is 2. The predicted molar refractivity (Wildman–Crippen MR) is 108 cm³/mol. The Labute approximate surface area is 179 Å². The molecule has 0 spiro atoms. The number of nitrogens with zero attached hydrogens (tertiary/aromatic N) is 2. The number of hydrogen-bond donors (Lipinski definition) is 0. The maximum Gasteiger partial charge on any atom is 0.260 e. The summed E-state index contributed by atoms with van der Waals surface area (Å²) in [5.41, 5.74) is 1.11. The van der Waals surface area contributed by atoms with E-state index in [0.29, 0.717) is 31.9 Å². The molecule has 2 amide bonds. The second-order valence-electron chi connectivity index (χ2n) is 8.01. The predicted octanol–water partition coefficient (Wildman–Crippen LogP) is 2.41. The molecule has 162 valence electrons. The van der Waals surface area contributed by atoms with Gasteiger partial charge < -0.3 is 24.0 Å². The van der Waals surface area contributed by atoms with Crippen molar-refractivity contribution in [2.45, 2.75) is 12.3 Å². The van der Waals surface area contributed by atoms with Crippen molar-refractivity contribution >= 4 is 11.8 Å². The Morgan fingerprint density at radius 3 is 2.45 bits per heavy atom. The minimum atomic E-state index is -0.351. The molecule has 0 N–H and O–H groups in total. The standard InChI is InChI=1S/C23H23FN2O5/c24-16-2-4-17(5-3-16)29-13-22(27)25-7-9-26(10-8-25)23(28)19-12-18(19)15-1-6-20-21(11-15)31-14-30-20/h1-6,11,18-19H,7-10,12-14H2/t18-,19-/m0/s1. The summed E-state index contributed by atoms with van der Waals surface area (Å²) in [4.78, 5) is 28.8. The van der Waals surface area contributed by atoms with Crippen molar-refractivity contribution in [1.82, 2.24) is 9.80 Å². The largest absolute Gasteiger partial charge is 0.484 e. The first kappa shape index (κ1) is 19.7. The molecular weight excluding hydrogens is 403 g/mol. The van der Waals surface area contributed by atoms with Crippen LogP contribution in [0.1, 0.15) is 17.9 Å². The molecular formula is C23H23FN2O5. The summed E-state index contributed by atoms with van der Waals surface area (Å²) >= 11 is 0. The maximum absolute atomic E-state index is 12.9. The molecule has 31 heavy (non-hydrogen) atoms. The van der Waals surface area contributed by atoms with E-state index in [9.17, 15) is 14.0 Å². The summed E-state index contributed by atoms with van der Waals surface area (Å²) in [6.07, 6.45) is 0.836. The highest BCUT2D eigenvalue weighted by Gasteiger charge is 2.46. The lowest BCUT2D eigenvalue weighted by Gasteiger charge is -2.35. The minimum absolute atomic E-state index is 0.00978. The molecule has 0 unspecified atom stereocenters. The smallest absolute Gasteiger partial charge is 0.260 e. The van der Waals surface area contributed by atoms with Gasteiger partial charge in [0.05, 0.1) is 0 Å². The number of benzene rings is 2. The van der Waals surface area contributed by atoms with Gasteiger partial charge in [0, 0.05) is 32.1 Å². The number of carbonyl (C=O) groups is 2. The van der Waals surface area contributed by atoms with E-state index in [1.807, 2.05) is 23.1 Å². The van der Waals surface area contributed by atoms with Crippen LogP contribution in [0.25, 0.3) is 0 Å². The van der Waals surface area contributed by atoms with E-state index in [2.05, 4.69) is 0 Å². The fourth-order valence-electron chi connectivity index (χ4n) is 4.16. The van der Waals surface area contributed by atoms with Crippen molar-refractivity contribution < 1.29 is 28.2 Å². The van der Waals surface area contributed by atoms with Crippen LogP contribution in [-0.2, 0) is 9.59 Å². The third-order valence-electron chi connectivity index (χ3n) is 6.05. The molecule has 1 aliphatic carbocycles. The maximum atomic E-state index is 12.9. The lowest BCUT2D eigenvalue weighted by atomic mass is 10.1. The van der Waals surface area contributed by atoms with Crippen molar-refractivity contribution in [3.8, 4) is 17.2 Å². The second kappa shape index (κ2) is 8.09.